The third kappa shape index (κ3) is 2.46. The number of imidazole rings is 1. The molecule has 6 nitrogen and oxygen atoms in total. The highest BCUT2D eigenvalue weighted by Gasteiger charge is 2.13. The number of nitrogens with two attached hydrogens (primary N) is 1. The highest BCUT2D eigenvalue weighted by molar-refractivity contribution is 7.89. The van der Waals surface area contributed by atoms with Gasteiger partial charge in [-0.15, -0.1) is 0 Å². The van der Waals surface area contributed by atoms with Gasteiger partial charge in [-0.1, -0.05) is 0 Å². The van der Waals surface area contributed by atoms with Crippen molar-refractivity contribution in [2.45, 2.75) is 6.54 Å². The van der Waals surface area contributed by atoms with E-state index in [1.807, 2.05) is 0 Å². The summed E-state index contributed by atoms with van der Waals surface area (Å²) in [6, 6.07) is 0. The Labute approximate surface area is 83.4 Å². The fourth-order valence-corrected chi connectivity index (χ4v) is 1.72. The fourth-order valence-electron chi connectivity index (χ4n) is 0.926. The molecule has 0 amide bonds. The molecule has 0 radical (unpaired) electrons. The molecule has 0 saturated carbocycles. The van der Waals surface area contributed by atoms with Crippen molar-refractivity contribution >= 4 is 16.0 Å². The predicted octanol–water partition coefficient (Wildman–Crippen LogP) is -0.643. The van der Waals surface area contributed by atoms with Crippen LogP contribution in [0.4, 0.5) is 5.95 Å². The quantitative estimate of drug-likeness (QED) is 0.728. The SMILES string of the molecule is CN(C)S(=O)(=O)CCn1ccnc1N. The molecule has 1 heterocycles. The number of nitrogens with zero attached hydrogens (tertiary/aromatic N) is 3. The average Bonchev–Trinajstić information content (AvgIpc) is 2.47. The van der Waals surface area contributed by atoms with Gasteiger partial charge in [0.2, 0.25) is 10.0 Å². The molecule has 0 aliphatic heterocycles. The molecule has 80 valence electrons. The molecule has 1 aromatic rings. The molecule has 0 spiro atoms. The van der Waals surface area contributed by atoms with Gasteiger partial charge in [-0.3, -0.25) is 0 Å². The Morgan fingerprint density at radius 1 is 1.57 bits per heavy atom. The first kappa shape index (κ1) is 11.0. The number of aryl methyl sites for hydroxylation is 1. The van der Waals surface area contributed by atoms with Gasteiger partial charge in [0.25, 0.3) is 0 Å². The van der Waals surface area contributed by atoms with Gasteiger partial charge >= 0.3 is 0 Å². The van der Waals surface area contributed by atoms with E-state index in [4.69, 9.17) is 5.73 Å². The summed E-state index contributed by atoms with van der Waals surface area (Å²) < 4.78 is 25.6. The normalized spacial score (nSPS) is 12.2. The van der Waals surface area contributed by atoms with Crippen molar-refractivity contribution in [3.63, 3.8) is 0 Å². The molecule has 0 unspecified atom stereocenters. The topological polar surface area (TPSA) is 81.2 Å². The average molecular weight is 218 g/mol. The first-order valence-electron chi connectivity index (χ1n) is 4.10. The zero-order chi connectivity index (χ0) is 10.8. The van der Waals surface area contributed by atoms with E-state index in [1.165, 1.54) is 24.6 Å². The summed E-state index contributed by atoms with van der Waals surface area (Å²) in [5, 5.41) is 0. The summed E-state index contributed by atoms with van der Waals surface area (Å²) in [5.74, 6) is 0.361. The number of rotatable bonds is 4. The minimum atomic E-state index is -3.16. The van der Waals surface area contributed by atoms with Crippen molar-refractivity contribution in [1.29, 1.82) is 0 Å². The first-order chi connectivity index (χ1) is 6.43. The predicted molar refractivity (Wildman–Crippen MR) is 54.1 cm³/mol. The van der Waals surface area contributed by atoms with Crippen molar-refractivity contribution in [3.8, 4) is 0 Å². The lowest BCUT2D eigenvalue weighted by Gasteiger charge is -2.11. The van der Waals surface area contributed by atoms with Crippen molar-refractivity contribution in [2.75, 3.05) is 25.6 Å². The maximum absolute atomic E-state index is 11.4. The molecular weight excluding hydrogens is 204 g/mol. The molecule has 7 heteroatoms. The molecule has 0 aromatic carbocycles. The molecule has 0 bridgehead atoms. The molecule has 2 N–H and O–H groups in total. The molecule has 0 aliphatic rings. The number of aromatic nitrogens is 2. The van der Waals surface area contributed by atoms with Gasteiger partial charge in [-0.25, -0.2) is 17.7 Å². The Morgan fingerprint density at radius 2 is 2.21 bits per heavy atom. The smallest absolute Gasteiger partial charge is 0.215 e. The monoisotopic (exact) mass is 218 g/mol. The van der Waals surface area contributed by atoms with Gasteiger partial charge in [0.1, 0.15) is 0 Å². The van der Waals surface area contributed by atoms with E-state index < -0.39 is 10.0 Å². The second kappa shape index (κ2) is 3.97. The summed E-state index contributed by atoms with van der Waals surface area (Å²) in [4.78, 5) is 3.79. The summed E-state index contributed by atoms with van der Waals surface area (Å²) in [6.45, 7) is 0.326. The molecule has 0 aliphatic carbocycles. The number of nitrogen functional groups attached to an aromatic ring is 1. The van der Waals surface area contributed by atoms with Crippen molar-refractivity contribution in [2.24, 2.45) is 0 Å². The lowest BCUT2D eigenvalue weighted by atomic mass is 10.7. The second-order valence-corrected chi connectivity index (χ2v) is 5.38. The lowest BCUT2D eigenvalue weighted by Crippen LogP contribution is -2.27. The number of sulfonamides is 1. The highest BCUT2D eigenvalue weighted by atomic mass is 32.2. The maximum Gasteiger partial charge on any atom is 0.215 e. The van der Waals surface area contributed by atoms with Gasteiger partial charge in [0.15, 0.2) is 5.95 Å². The lowest BCUT2D eigenvalue weighted by molar-refractivity contribution is 0.515. The molecule has 1 aromatic heterocycles. The van der Waals surface area contributed by atoms with Gasteiger partial charge in [0, 0.05) is 33.0 Å². The van der Waals surface area contributed by atoms with Crippen molar-refractivity contribution < 1.29 is 8.42 Å². The van der Waals surface area contributed by atoms with Crippen molar-refractivity contribution in [3.05, 3.63) is 12.4 Å². The zero-order valence-corrected chi connectivity index (χ0v) is 9.03. The second-order valence-electron chi connectivity index (χ2n) is 3.08. The molecule has 0 saturated heterocycles. The van der Waals surface area contributed by atoms with E-state index in [0.29, 0.717) is 12.5 Å². The van der Waals surface area contributed by atoms with Crippen LogP contribution in [0.1, 0.15) is 0 Å². The van der Waals surface area contributed by atoms with Crippen LogP contribution in [0.25, 0.3) is 0 Å². The minimum absolute atomic E-state index is 0.0283. The van der Waals surface area contributed by atoms with Crippen LogP contribution in [0.5, 0.6) is 0 Å². The summed E-state index contributed by atoms with van der Waals surface area (Å²) in [6.07, 6.45) is 3.19. The van der Waals surface area contributed by atoms with Crippen LogP contribution >= 0.6 is 0 Å². The largest absolute Gasteiger partial charge is 0.369 e. The first-order valence-corrected chi connectivity index (χ1v) is 5.71. The third-order valence-corrected chi connectivity index (χ3v) is 3.71. The molecule has 0 fully saturated rings. The summed E-state index contributed by atoms with van der Waals surface area (Å²) >= 11 is 0. The van der Waals surface area contributed by atoms with Crippen LogP contribution in [-0.4, -0.2) is 42.1 Å². The van der Waals surface area contributed by atoms with Gasteiger partial charge < -0.3 is 10.3 Å². The summed E-state index contributed by atoms with van der Waals surface area (Å²) in [5.41, 5.74) is 5.49. The minimum Gasteiger partial charge on any atom is -0.369 e. The van der Waals surface area contributed by atoms with Gasteiger partial charge in [-0.05, 0) is 0 Å². The molecule has 0 atom stereocenters. The van der Waals surface area contributed by atoms with E-state index >= 15 is 0 Å². The Bertz CT molecular complexity index is 396. The van der Waals surface area contributed by atoms with E-state index in [-0.39, 0.29) is 5.75 Å². The highest BCUT2D eigenvalue weighted by Crippen LogP contribution is 2.01. The fraction of sp³-hybridized carbons (Fsp3) is 0.571. The van der Waals surface area contributed by atoms with Crippen LogP contribution in [0.3, 0.4) is 0 Å². The van der Waals surface area contributed by atoms with Crippen LogP contribution < -0.4 is 5.73 Å². The van der Waals surface area contributed by atoms with Crippen LogP contribution in [-0.2, 0) is 16.6 Å². The van der Waals surface area contributed by atoms with Gasteiger partial charge in [0.05, 0.1) is 5.75 Å². The number of hydrogen-bond acceptors (Lipinski definition) is 4. The number of anilines is 1. The standard InChI is InChI=1S/C7H14N4O2S/c1-10(2)14(12,13)6-5-11-4-3-9-7(11)8/h3-4H,5-6H2,1-2H3,(H2,8,9). The Morgan fingerprint density at radius 3 is 2.64 bits per heavy atom. The molecule has 1 rings (SSSR count). The van der Waals surface area contributed by atoms with E-state index in [9.17, 15) is 8.42 Å². The maximum atomic E-state index is 11.4. The Hall–Kier alpha value is -1.08. The van der Waals surface area contributed by atoms with Crippen LogP contribution in [0, 0.1) is 0 Å². The van der Waals surface area contributed by atoms with Crippen molar-refractivity contribution in [1.82, 2.24) is 13.9 Å². The van der Waals surface area contributed by atoms with Crippen LogP contribution in [0.2, 0.25) is 0 Å². The Kier molecular flexibility index (Phi) is 3.12. The Balaban J connectivity index is 2.62. The van der Waals surface area contributed by atoms with Gasteiger partial charge in [-0.2, -0.15) is 0 Å². The van der Waals surface area contributed by atoms with E-state index in [2.05, 4.69) is 4.98 Å². The zero-order valence-electron chi connectivity index (χ0n) is 8.21. The third-order valence-electron chi connectivity index (χ3n) is 1.89. The molecular formula is C7H14N4O2S. The van der Waals surface area contributed by atoms with Crippen LogP contribution in [0.15, 0.2) is 12.4 Å². The summed E-state index contributed by atoms with van der Waals surface area (Å²) in [7, 11) is -0.149. The number of hydrogen-bond donors (Lipinski definition) is 1. The van der Waals surface area contributed by atoms with E-state index in [1.54, 1.807) is 10.8 Å². The molecule has 14 heavy (non-hydrogen) atoms. The van der Waals surface area contributed by atoms with E-state index in [0.717, 1.165) is 0 Å².